The monoisotopic (exact) mass is 388 g/mol. The Balaban J connectivity index is 1.80. The molecule has 0 bridgehead atoms. The van der Waals surface area contributed by atoms with E-state index >= 15 is 0 Å². The van der Waals surface area contributed by atoms with E-state index < -0.39 is 55.5 Å². The van der Waals surface area contributed by atoms with Crippen molar-refractivity contribution in [2.75, 3.05) is 20.3 Å². The van der Waals surface area contributed by atoms with E-state index in [1.165, 1.54) is 13.4 Å². The van der Waals surface area contributed by atoms with E-state index in [0.29, 0.717) is 17.6 Å². The molecule has 1 saturated heterocycles. The Morgan fingerprint density at radius 3 is 2.56 bits per heavy atom. The van der Waals surface area contributed by atoms with Crippen LogP contribution in [0.15, 0.2) is 23.5 Å². The number of carbonyl (C=O) groups is 1. The molecule has 0 aromatic carbocycles. The minimum Gasteiger partial charge on any atom is -0.471 e. The smallest absolute Gasteiger partial charge is 0.337 e. The molecular weight excluding hydrogens is 364 g/mol. The lowest BCUT2D eigenvalue weighted by Gasteiger charge is -2.42. The third-order valence-electron chi connectivity index (χ3n) is 5.24. The van der Waals surface area contributed by atoms with Gasteiger partial charge in [-0.05, 0) is 12.0 Å². The van der Waals surface area contributed by atoms with Crippen LogP contribution in [0, 0.1) is 11.8 Å². The quantitative estimate of drug-likeness (QED) is 0.258. The number of hydrogen-bond donors (Lipinski definition) is 5. The SMILES string of the molecule is COC(=O)C1=COC(O[C@@H]2OC(CO)C(O)C(O)C2O)[C@@H]2C(CO)=CC[C@H]12. The van der Waals surface area contributed by atoms with Crippen molar-refractivity contribution in [1.29, 1.82) is 0 Å². The summed E-state index contributed by atoms with van der Waals surface area (Å²) >= 11 is 0. The highest BCUT2D eigenvalue weighted by Gasteiger charge is 2.49. The summed E-state index contributed by atoms with van der Waals surface area (Å²) < 4.78 is 21.3. The molecule has 0 spiro atoms. The highest BCUT2D eigenvalue weighted by atomic mass is 16.8. The summed E-state index contributed by atoms with van der Waals surface area (Å²) in [6, 6.07) is 0. The second-order valence-electron chi connectivity index (χ2n) is 6.71. The van der Waals surface area contributed by atoms with Crippen molar-refractivity contribution >= 4 is 5.97 Å². The Morgan fingerprint density at radius 2 is 1.93 bits per heavy atom. The number of fused-ring (bicyclic) bond motifs is 1. The van der Waals surface area contributed by atoms with Gasteiger partial charge in [0.25, 0.3) is 0 Å². The van der Waals surface area contributed by atoms with E-state index in [9.17, 15) is 30.3 Å². The Morgan fingerprint density at radius 1 is 1.19 bits per heavy atom. The summed E-state index contributed by atoms with van der Waals surface area (Å²) in [5.41, 5.74) is 0.903. The van der Waals surface area contributed by atoms with Crippen LogP contribution in [0.4, 0.5) is 0 Å². The average Bonchev–Trinajstić information content (AvgIpc) is 3.12. The third kappa shape index (κ3) is 3.61. The zero-order valence-corrected chi connectivity index (χ0v) is 14.7. The Labute approximate surface area is 155 Å². The van der Waals surface area contributed by atoms with Crippen LogP contribution >= 0.6 is 0 Å². The van der Waals surface area contributed by atoms with Gasteiger partial charge in [0.1, 0.15) is 24.4 Å². The Kier molecular flexibility index (Phi) is 6.16. The maximum Gasteiger partial charge on any atom is 0.337 e. The van der Waals surface area contributed by atoms with E-state index in [4.69, 9.17) is 18.9 Å². The Hall–Kier alpha value is -1.53. The van der Waals surface area contributed by atoms with Crippen molar-refractivity contribution < 1.29 is 49.3 Å². The zero-order valence-electron chi connectivity index (χ0n) is 14.7. The van der Waals surface area contributed by atoms with E-state index in [2.05, 4.69) is 0 Å². The molecule has 1 aliphatic carbocycles. The predicted molar refractivity (Wildman–Crippen MR) is 86.6 cm³/mol. The van der Waals surface area contributed by atoms with Gasteiger partial charge in [-0.2, -0.15) is 0 Å². The average molecular weight is 388 g/mol. The van der Waals surface area contributed by atoms with Gasteiger partial charge in [0, 0.05) is 5.92 Å². The number of allylic oxidation sites excluding steroid dienone is 1. The molecule has 1 fully saturated rings. The summed E-state index contributed by atoms with van der Waals surface area (Å²) in [6.07, 6.45) is -4.73. The lowest BCUT2D eigenvalue weighted by atomic mass is 9.83. The second kappa shape index (κ2) is 8.23. The summed E-state index contributed by atoms with van der Waals surface area (Å²) in [4.78, 5) is 12.0. The molecule has 152 valence electrons. The largest absolute Gasteiger partial charge is 0.471 e. The normalized spacial score (nSPS) is 41.3. The first-order valence-electron chi connectivity index (χ1n) is 8.62. The summed E-state index contributed by atoms with van der Waals surface area (Å²) in [5, 5.41) is 48.8. The van der Waals surface area contributed by atoms with E-state index in [0.717, 1.165) is 0 Å². The molecule has 3 aliphatic rings. The molecule has 2 aliphatic heterocycles. The molecule has 0 radical (unpaired) electrons. The van der Waals surface area contributed by atoms with Gasteiger partial charge in [0.2, 0.25) is 6.29 Å². The van der Waals surface area contributed by atoms with Crippen LogP contribution in [-0.4, -0.2) is 88.8 Å². The molecule has 10 heteroatoms. The summed E-state index contributed by atoms with van der Waals surface area (Å²) in [7, 11) is 1.25. The number of carbonyl (C=O) groups excluding carboxylic acids is 1. The second-order valence-corrected chi connectivity index (χ2v) is 6.71. The molecular formula is C17H24O10. The molecule has 0 aromatic heterocycles. The fraction of sp³-hybridized carbons (Fsp3) is 0.706. The maximum atomic E-state index is 12.0. The van der Waals surface area contributed by atoms with Gasteiger partial charge in [-0.1, -0.05) is 6.08 Å². The van der Waals surface area contributed by atoms with Crippen LogP contribution in [0.1, 0.15) is 6.42 Å². The van der Waals surface area contributed by atoms with Crippen LogP contribution in [-0.2, 0) is 23.7 Å². The van der Waals surface area contributed by atoms with E-state index in [-0.39, 0.29) is 12.5 Å². The molecule has 0 amide bonds. The lowest BCUT2D eigenvalue weighted by molar-refractivity contribution is -0.339. The standard InChI is InChI=1S/C17H24O10/c1-24-15(23)9-6-25-16(11-7(4-18)2-3-8(9)11)27-17-14(22)13(21)12(20)10(5-19)26-17/h2,6,8,10-14,16-22H,3-5H2,1H3/t8-,10?,11-,12?,13?,14?,16?,17+/m1/s1. The van der Waals surface area contributed by atoms with Gasteiger partial charge < -0.3 is 44.5 Å². The molecule has 5 unspecified atom stereocenters. The van der Waals surface area contributed by atoms with Crippen molar-refractivity contribution in [2.45, 2.75) is 43.4 Å². The predicted octanol–water partition coefficient (Wildman–Crippen LogP) is -2.23. The topological polar surface area (TPSA) is 155 Å². The number of esters is 1. The number of aliphatic hydroxyl groups excluding tert-OH is 5. The molecule has 2 heterocycles. The molecule has 10 nitrogen and oxygen atoms in total. The summed E-state index contributed by atoms with van der Waals surface area (Å²) in [6.45, 7) is -0.857. The van der Waals surface area contributed by atoms with Gasteiger partial charge in [-0.15, -0.1) is 0 Å². The number of hydrogen-bond acceptors (Lipinski definition) is 10. The molecule has 5 N–H and O–H groups in total. The Bertz CT molecular complexity index is 615. The number of ether oxygens (including phenoxy) is 4. The van der Waals surface area contributed by atoms with Gasteiger partial charge >= 0.3 is 5.97 Å². The van der Waals surface area contributed by atoms with Gasteiger partial charge in [0.05, 0.1) is 38.1 Å². The van der Waals surface area contributed by atoms with Crippen LogP contribution in [0.5, 0.6) is 0 Å². The molecule has 0 saturated carbocycles. The van der Waals surface area contributed by atoms with Gasteiger partial charge in [-0.3, -0.25) is 0 Å². The first kappa shape index (κ1) is 20.2. The highest BCUT2D eigenvalue weighted by Crippen LogP contribution is 2.44. The molecule has 8 atom stereocenters. The van der Waals surface area contributed by atoms with Crippen LogP contribution in [0.2, 0.25) is 0 Å². The van der Waals surface area contributed by atoms with Crippen molar-refractivity contribution in [1.82, 2.24) is 0 Å². The van der Waals surface area contributed by atoms with Crippen molar-refractivity contribution in [3.8, 4) is 0 Å². The fourth-order valence-electron chi connectivity index (χ4n) is 3.73. The zero-order chi connectivity index (χ0) is 19.7. The van der Waals surface area contributed by atoms with Crippen LogP contribution < -0.4 is 0 Å². The first-order valence-corrected chi connectivity index (χ1v) is 8.62. The van der Waals surface area contributed by atoms with E-state index in [1.807, 2.05) is 0 Å². The van der Waals surface area contributed by atoms with Gasteiger partial charge in [0.15, 0.2) is 6.29 Å². The van der Waals surface area contributed by atoms with E-state index in [1.54, 1.807) is 6.08 Å². The number of rotatable bonds is 5. The maximum absolute atomic E-state index is 12.0. The van der Waals surface area contributed by atoms with Crippen molar-refractivity contribution in [3.05, 3.63) is 23.5 Å². The number of methoxy groups -OCH3 is 1. The lowest BCUT2D eigenvalue weighted by Crippen LogP contribution is -2.60. The third-order valence-corrected chi connectivity index (χ3v) is 5.24. The summed E-state index contributed by atoms with van der Waals surface area (Å²) in [5.74, 6) is -1.42. The van der Waals surface area contributed by atoms with Crippen molar-refractivity contribution in [3.63, 3.8) is 0 Å². The number of aliphatic hydroxyl groups is 5. The van der Waals surface area contributed by atoms with Crippen LogP contribution in [0.25, 0.3) is 0 Å². The minimum atomic E-state index is -1.59. The van der Waals surface area contributed by atoms with Crippen molar-refractivity contribution in [2.24, 2.45) is 11.8 Å². The van der Waals surface area contributed by atoms with Gasteiger partial charge in [-0.25, -0.2) is 4.79 Å². The highest BCUT2D eigenvalue weighted by molar-refractivity contribution is 5.89. The molecule has 27 heavy (non-hydrogen) atoms. The minimum absolute atomic E-state index is 0.270. The molecule has 0 aromatic rings. The van der Waals surface area contributed by atoms with Crippen LogP contribution in [0.3, 0.4) is 0 Å². The fourth-order valence-corrected chi connectivity index (χ4v) is 3.73. The first-order chi connectivity index (χ1) is 12.9. The molecule has 3 rings (SSSR count).